The molecule has 0 saturated carbocycles. The number of nitrogens with one attached hydrogen (secondary N) is 1. The molecule has 1 aromatic rings. The largest absolute Gasteiger partial charge is 0.490 e. The summed E-state index contributed by atoms with van der Waals surface area (Å²) in [6.07, 6.45) is 0. The maximum atomic E-state index is 11.3. The standard InChI is InChI=1S/C11H15N3O5/c1-18-10-6-8(2-3-9(10)14(16)17)19-7-11(15)13-5-4-12/h2-3,6H,4-5,7,12H2,1H3,(H,13,15). The molecule has 8 nitrogen and oxygen atoms in total. The summed E-state index contributed by atoms with van der Waals surface area (Å²) in [5.41, 5.74) is 5.07. The molecule has 0 atom stereocenters. The third-order valence-electron chi connectivity index (χ3n) is 2.18. The van der Waals surface area contributed by atoms with Crippen molar-refractivity contribution >= 4 is 11.6 Å². The van der Waals surface area contributed by atoms with Crippen molar-refractivity contribution < 1.29 is 19.2 Å². The van der Waals surface area contributed by atoms with Gasteiger partial charge in [-0.3, -0.25) is 14.9 Å². The summed E-state index contributed by atoms with van der Waals surface area (Å²) in [5, 5.41) is 13.2. The lowest BCUT2D eigenvalue weighted by Gasteiger charge is -2.08. The van der Waals surface area contributed by atoms with Gasteiger partial charge in [0.05, 0.1) is 12.0 Å². The van der Waals surface area contributed by atoms with Crippen molar-refractivity contribution in [2.24, 2.45) is 5.73 Å². The Hall–Kier alpha value is -2.35. The second-order valence-corrected chi connectivity index (χ2v) is 3.52. The van der Waals surface area contributed by atoms with Crippen molar-refractivity contribution in [3.63, 3.8) is 0 Å². The highest BCUT2D eigenvalue weighted by molar-refractivity contribution is 5.77. The number of amides is 1. The molecule has 104 valence electrons. The normalized spacial score (nSPS) is 9.79. The highest BCUT2D eigenvalue weighted by atomic mass is 16.6. The monoisotopic (exact) mass is 269 g/mol. The quantitative estimate of drug-likeness (QED) is 0.534. The van der Waals surface area contributed by atoms with Crippen molar-refractivity contribution in [3.8, 4) is 11.5 Å². The van der Waals surface area contributed by atoms with E-state index in [1.807, 2.05) is 0 Å². The first-order chi connectivity index (χ1) is 9.08. The van der Waals surface area contributed by atoms with Crippen LogP contribution in [0.4, 0.5) is 5.69 Å². The van der Waals surface area contributed by atoms with E-state index >= 15 is 0 Å². The summed E-state index contributed by atoms with van der Waals surface area (Å²) >= 11 is 0. The summed E-state index contributed by atoms with van der Waals surface area (Å²) < 4.78 is 10.1. The molecule has 0 aliphatic heterocycles. The number of nitro benzene ring substituents is 1. The zero-order valence-electron chi connectivity index (χ0n) is 10.4. The van der Waals surface area contributed by atoms with Gasteiger partial charge in [-0.25, -0.2) is 0 Å². The Labute approximate surface area is 109 Å². The minimum Gasteiger partial charge on any atom is -0.490 e. The highest BCUT2D eigenvalue weighted by Gasteiger charge is 2.15. The Balaban J connectivity index is 2.65. The van der Waals surface area contributed by atoms with Gasteiger partial charge in [-0.2, -0.15) is 0 Å². The predicted octanol–water partition coefficient (Wildman–Crippen LogP) is 0.0571. The van der Waals surface area contributed by atoms with Crippen molar-refractivity contribution in [1.29, 1.82) is 0 Å². The zero-order chi connectivity index (χ0) is 14.3. The van der Waals surface area contributed by atoms with Crippen LogP contribution in [0.15, 0.2) is 18.2 Å². The molecule has 0 radical (unpaired) electrons. The Kier molecular flexibility index (Phi) is 5.55. The van der Waals surface area contributed by atoms with Crippen molar-refractivity contribution in [3.05, 3.63) is 28.3 Å². The van der Waals surface area contributed by atoms with Crippen LogP contribution in [0.1, 0.15) is 0 Å². The highest BCUT2D eigenvalue weighted by Crippen LogP contribution is 2.30. The van der Waals surface area contributed by atoms with E-state index in [2.05, 4.69) is 5.32 Å². The summed E-state index contributed by atoms with van der Waals surface area (Å²) in [6, 6.07) is 4.01. The van der Waals surface area contributed by atoms with Gasteiger partial charge in [0.2, 0.25) is 5.75 Å². The predicted molar refractivity (Wildman–Crippen MR) is 67.2 cm³/mol. The molecule has 0 aliphatic rings. The Bertz CT molecular complexity index is 464. The number of carbonyl (C=O) groups is 1. The van der Waals surface area contributed by atoms with E-state index in [0.717, 1.165) is 0 Å². The van der Waals surface area contributed by atoms with Crippen molar-refractivity contribution in [2.45, 2.75) is 0 Å². The number of carbonyl (C=O) groups excluding carboxylic acids is 1. The fourth-order valence-electron chi connectivity index (χ4n) is 1.31. The molecule has 1 amide bonds. The van der Waals surface area contributed by atoms with Gasteiger partial charge in [0.15, 0.2) is 6.61 Å². The molecule has 0 spiro atoms. The van der Waals surface area contributed by atoms with Gasteiger partial charge < -0.3 is 20.5 Å². The number of nitrogens with two attached hydrogens (primary N) is 1. The molecule has 0 aliphatic carbocycles. The number of rotatable bonds is 7. The molecule has 19 heavy (non-hydrogen) atoms. The van der Waals surface area contributed by atoms with Gasteiger partial charge in [-0.05, 0) is 6.07 Å². The fraction of sp³-hybridized carbons (Fsp3) is 0.364. The Morgan fingerprint density at radius 3 is 2.84 bits per heavy atom. The van der Waals surface area contributed by atoms with E-state index in [4.69, 9.17) is 15.2 Å². The number of methoxy groups -OCH3 is 1. The Morgan fingerprint density at radius 1 is 1.53 bits per heavy atom. The van der Waals surface area contributed by atoms with Gasteiger partial charge in [-0.15, -0.1) is 0 Å². The van der Waals surface area contributed by atoms with E-state index in [1.54, 1.807) is 0 Å². The first kappa shape index (κ1) is 14.7. The molecule has 0 fully saturated rings. The molecule has 0 heterocycles. The first-order valence-electron chi connectivity index (χ1n) is 5.50. The third-order valence-corrected chi connectivity index (χ3v) is 2.18. The van der Waals surface area contributed by atoms with Crippen LogP contribution < -0.4 is 20.5 Å². The maximum Gasteiger partial charge on any atom is 0.311 e. The molecule has 1 rings (SSSR count). The van der Waals surface area contributed by atoms with Crippen LogP contribution in [0, 0.1) is 10.1 Å². The van der Waals surface area contributed by atoms with Gasteiger partial charge >= 0.3 is 5.69 Å². The minimum absolute atomic E-state index is 0.0740. The van der Waals surface area contributed by atoms with Gasteiger partial charge in [0.25, 0.3) is 5.91 Å². The van der Waals surface area contributed by atoms with Crippen LogP contribution in [0.2, 0.25) is 0 Å². The van der Waals surface area contributed by atoms with Crippen molar-refractivity contribution in [1.82, 2.24) is 5.32 Å². The SMILES string of the molecule is COc1cc(OCC(=O)NCCN)ccc1[N+](=O)[O-]. The molecule has 0 unspecified atom stereocenters. The van der Waals surface area contributed by atoms with Crippen LogP contribution in [0.3, 0.4) is 0 Å². The number of nitrogens with zero attached hydrogens (tertiary/aromatic N) is 1. The molecule has 0 aromatic heterocycles. The third kappa shape index (κ3) is 4.43. The molecule has 1 aromatic carbocycles. The fourth-order valence-corrected chi connectivity index (χ4v) is 1.31. The lowest BCUT2D eigenvalue weighted by Crippen LogP contribution is -2.32. The van der Waals surface area contributed by atoms with Gasteiger partial charge in [-0.1, -0.05) is 0 Å². The van der Waals surface area contributed by atoms with Crippen molar-refractivity contribution in [2.75, 3.05) is 26.8 Å². The molecular weight excluding hydrogens is 254 g/mol. The van der Waals surface area contributed by atoms with Crippen LogP contribution in [0.5, 0.6) is 11.5 Å². The molecular formula is C11H15N3O5. The number of benzene rings is 1. The number of ether oxygens (including phenoxy) is 2. The van der Waals surface area contributed by atoms with Crippen LogP contribution in [-0.4, -0.2) is 37.6 Å². The second kappa shape index (κ2) is 7.17. The molecule has 8 heteroatoms. The molecule has 0 bridgehead atoms. The number of nitro groups is 1. The first-order valence-corrected chi connectivity index (χ1v) is 5.50. The van der Waals surface area contributed by atoms with E-state index in [1.165, 1.54) is 25.3 Å². The smallest absolute Gasteiger partial charge is 0.311 e. The maximum absolute atomic E-state index is 11.3. The lowest BCUT2D eigenvalue weighted by atomic mass is 10.3. The summed E-state index contributed by atoms with van der Waals surface area (Å²) in [7, 11) is 1.32. The van der Waals surface area contributed by atoms with Crippen LogP contribution in [0.25, 0.3) is 0 Å². The second-order valence-electron chi connectivity index (χ2n) is 3.52. The minimum atomic E-state index is -0.559. The van der Waals surface area contributed by atoms with Crippen LogP contribution >= 0.6 is 0 Å². The summed E-state index contributed by atoms with van der Waals surface area (Å²) in [6.45, 7) is 0.518. The van der Waals surface area contributed by atoms with E-state index < -0.39 is 4.92 Å². The molecule has 0 saturated heterocycles. The average molecular weight is 269 g/mol. The number of hydrogen-bond donors (Lipinski definition) is 2. The van der Waals surface area contributed by atoms with E-state index in [-0.39, 0.29) is 24.0 Å². The Morgan fingerprint density at radius 2 is 2.26 bits per heavy atom. The topological polar surface area (TPSA) is 117 Å². The summed E-state index contributed by atoms with van der Waals surface area (Å²) in [4.78, 5) is 21.4. The van der Waals surface area contributed by atoms with Gasteiger partial charge in [0, 0.05) is 25.2 Å². The van der Waals surface area contributed by atoms with Crippen LogP contribution in [-0.2, 0) is 4.79 Å². The van der Waals surface area contributed by atoms with E-state index in [9.17, 15) is 14.9 Å². The van der Waals surface area contributed by atoms with E-state index in [0.29, 0.717) is 18.8 Å². The average Bonchev–Trinajstić information content (AvgIpc) is 2.42. The lowest BCUT2D eigenvalue weighted by molar-refractivity contribution is -0.385. The number of hydrogen-bond acceptors (Lipinski definition) is 6. The molecule has 3 N–H and O–H groups in total. The van der Waals surface area contributed by atoms with Gasteiger partial charge in [0.1, 0.15) is 5.75 Å². The summed E-state index contributed by atoms with van der Waals surface area (Å²) in [5.74, 6) is 0.0676. The zero-order valence-corrected chi connectivity index (χ0v) is 10.4.